The SMILES string of the molecule is FC(F)Oc1cccc(-c2nc3ncc(Br)cc3[nH]2)c1. The minimum atomic E-state index is -2.85. The number of imidazole rings is 1. The van der Waals surface area contributed by atoms with Crippen molar-refractivity contribution in [3.05, 3.63) is 41.0 Å². The highest BCUT2D eigenvalue weighted by Crippen LogP contribution is 2.25. The van der Waals surface area contributed by atoms with Gasteiger partial charge in [0.15, 0.2) is 5.65 Å². The van der Waals surface area contributed by atoms with Crippen molar-refractivity contribution in [2.45, 2.75) is 6.61 Å². The zero-order valence-corrected chi connectivity index (χ0v) is 11.6. The fourth-order valence-corrected chi connectivity index (χ4v) is 2.16. The van der Waals surface area contributed by atoms with E-state index in [1.165, 1.54) is 12.1 Å². The highest BCUT2D eigenvalue weighted by atomic mass is 79.9. The van der Waals surface area contributed by atoms with Gasteiger partial charge in [0.25, 0.3) is 0 Å². The lowest BCUT2D eigenvalue weighted by atomic mass is 10.2. The van der Waals surface area contributed by atoms with Gasteiger partial charge in [-0.1, -0.05) is 12.1 Å². The minimum Gasteiger partial charge on any atom is -0.435 e. The maximum atomic E-state index is 12.2. The van der Waals surface area contributed by atoms with Crippen LogP contribution >= 0.6 is 15.9 Å². The summed E-state index contributed by atoms with van der Waals surface area (Å²) in [5.41, 5.74) is 1.97. The number of hydrogen-bond acceptors (Lipinski definition) is 3. The maximum absolute atomic E-state index is 12.2. The molecule has 1 N–H and O–H groups in total. The Bertz CT molecular complexity index is 760. The molecule has 0 aliphatic carbocycles. The van der Waals surface area contributed by atoms with Crippen LogP contribution in [0.3, 0.4) is 0 Å². The number of nitrogens with one attached hydrogen (secondary N) is 1. The van der Waals surface area contributed by atoms with E-state index < -0.39 is 6.61 Å². The van der Waals surface area contributed by atoms with Gasteiger partial charge in [-0.05, 0) is 34.1 Å². The predicted molar refractivity (Wildman–Crippen MR) is 73.7 cm³/mol. The second-order valence-corrected chi connectivity index (χ2v) is 4.93. The van der Waals surface area contributed by atoms with Crippen LogP contribution in [-0.4, -0.2) is 21.6 Å². The quantitative estimate of drug-likeness (QED) is 0.784. The third-order valence-corrected chi connectivity index (χ3v) is 3.07. The molecule has 0 bridgehead atoms. The lowest BCUT2D eigenvalue weighted by Crippen LogP contribution is -2.01. The first kappa shape index (κ1) is 13.0. The normalized spacial score (nSPS) is 11.2. The highest BCUT2D eigenvalue weighted by Gasteiger charge is 2.09. The molecular weight excluding hydrogens is 332 g/mol. The van der Waals surface area contributed by atoms with E-state index in [0.29, 0.717) is 17.0 Å². The number of hydrogen-bond donors (Lipinski definition) is 1. The lowest BCUT2D eigenvalue weighted by Gasteiger charge is -2.05. The van der Waals surface area contributed by atoms with Gasteiger partial charge in [-0.25, -0.2) is 9.97 Å². The molecular formula is C13H8BrF2N3O. The van der Waals surface area contributed by atoms with E-state index >= 15 is 0 Å². The average molecular weight is 340 g/mol. The molecule has 20 heavy (non-hydrogen) atoms. The van der Waals surface area contributed by atoms with E-state index in [2.05, 4.69) is 35.6 Å². The fourth-order valence-electron chi connectivity index (χ4n) is 1.83. The number of ether oxygens (including phenoxy) is 1. The molecule has 102 valence electrons. The Morgan fingerprint density at radius 1 is 1.25 bits per heavy atom. The number of nitrogens with zero attached hydrogens (tertiary/aromatic N) is 2. The van der Waals surface area contributed by atoms with Crippen LogP contribution in [0.4, 0.5) is 8.78 Å². The van der Waals surface area contributed by atoms with Crippen molar-refractivity contribution in [3.63, 3.8) is 0 Å². The Morgan fingerprint density at radius 2 is 2.10 bits per heavy atom. The number of benzene rings is 1. The van der Waals surface area contributed by atoms with E-state index in [1.807, 2.05) is 6.07 Å². The summed E-state index contributed by atoms with van der Waals surface area (Å²) in [5.74, 6) is 0.636. The molecule has 0 atom stereocenters. The summed E-state index contributed by atoms with van der Waals surface area (Å²) in [4.78, 5) is 11.6. The zero-order chi connectivity index (χ0) is 14.1. The van der Waals surface area contributed by atoms with Crippen LogP contribution < -0.4 is 4.74 Å². The number of aromatic amines is 1. The van der Waals surface area contributed by atoms with E-state index in [9.17, 15) is 8.78 Å². The Kier molecular flexibility index (Phi) is 3.35. The van der Waals surface area contributed by atoms with Crippen molar-refractivity contribution in [3.8, 4) is 17.1 Å². The van der Waals surface area contributed by atoms with Crippen molar-refractivity contribution < 1.29 is 13.5 Å². The second-order valence-electron chi connectivity index (χ2n) is 4.02. The Hall–Kier alpha value is -2.02. The highest BCUT2D eigenvalue weighted by molar-refractivity contribution is 9.10. The second kappa shape index (κ2) is 5.16. The molecule has 0 aliphatic heterocycles. The molecule has 0 amide bonds. The number of pyridine rings is 1. The summed E-state index contributed by atoms with van der Waals surface area (Å²) in [5, 5.41) is 0. The van der Waals surface area contributed by atoms with Crippen LogP contribution in [0.5, 0.6) is 5.75 Å². The molecule has 0 fully saturated rings. The van der Waals surface area contributed by atoms with Gasteiger partial charge in [-0.2, -0.15) is 8.78 Å². The Morgan fingerprint density at radius 3 is 2.90 bits per heavy atom. The van der Waals surface area contributed by atoms with Gasteiger partial charge >= 0.3 is 6.61 Å². The first-order valence-electron chi connectivity index (χ1n) is 5.68. The minimum absolute atomic E-state index is 0.0899. The molecule has 0 radical (unpaired) electrons. The molecule has 4 nitrogen and oxygen atoms in total. The Labute approximate surface area is 120 Å². The Balaban J connectivity index is 2.01. The van der Waals surface area contributed by atoms with Crippen LogP contribution in [0, 0.1) is 0 Å². The molecule has 2 aromatic heterocycles. The molecule has 1 aromatic carbocycles. The summed E-state index contributed by atoms with van der Waals surface area (Å²) in [6, 6.07) is 8.19. The van der Waals surface area contributed by atoms with Crippen molar-refractivity contribution in [1.82, 2.24) is 15.0 Å². The third kappa shape index (κ3) is 2.62. The van der Waals surface area contributed by atoms with Crippen molar-refractivity contribution in [1.29, 1.82) is 0 Å². The number of alkyl halides is 2. The molecule has 0 saturated heterocycles. The van der Waals surface area contributed by atoms with Gasteiger partial charge in [0.1, 0.15) is 11.6 Å². The third-order valence-electron chi connectivity index (χ3n) is 2.64. The van der Waals surface area contributed by atoms with Crippen molar-refractivity contribution in [2.75, 3.05) is 0 Å². The summed E-state index contributed by atoms with van der Waals surface area (Å²) in [6.45, 7) is -2.85. The summed E-state index contributed by atoms with van der Waals surface area (Å²) in [6.07, 6.45) is 1.64. The molecule has 0 saturated carbocycles. The molecule has 0 aliphatic rings. The maximum Gasteiger partial charge on any atom is 0.387 e. The first-order valence-corrected chi connectivity index (χ1v) is 6.47. The summed E-state index contributed by atoms with van der Waals surface area (Å²) < 4.78 is 29.6. The molecule has 0 unspecified atom stereocenters. The molecule has 2 heterocycles. The van der Waals surface area contributed by atoms with Crippen LogP contribution in [0.2, 0.25) is 0 Å². The van der Waals surface area contributed by atoms with Crippen LogP contribution in [0.15, 0.2) is 41.0 Å². The molecule has 0 spiro atoms. The van der Waals surface area contributed by atoms with Crippen LogP contribution in [-0.2, 0) is 0 Å². The number of H-pyrrole nitrogens is 1. The fraction of sp³-hybridized carbons (Fsp3) is 0.0769. The zero-order valence-electron chi connectivity index (χ0n) is 9.98. The lowest BCUT2D eigenvalue weighted by molar-refractivity contribution is -0.0498. The average Bonchev–Trinajstić information content (AvgIpc) is 2.81. The van der Waals surface area contributed by atoms with Gasteiger partial charge in [-0.3, -0.25) is 0 Å². The van der Waals surface area contributed by atoms with Crippen molar-refractivity contribution >= 4 is 27.1 Å². The molecule has 7 heteroatoms. The van der Waals surface area contributed by atoms with E-state index in [4.69, 9.17) is 0 Å². The van der Waals surface area contributed by atoms with Crippen molar-refractivity contribution in [2.24, 2.45) is 0 Å². The predicted octanol–water partition coefficient (Wildman–Crippen LogP) is 3.99. The summed E-state index contributed by atoms with van der Waals surface area (Å²) in [7, 11) is 0. The van der Waals surface area contributed by atoms with Gasteiger partial charge in [0.2, 0.25) is 0 Å². The van der Waals surface area contributed by atoms with Gasteiger partial charge in [0.05, 0.1) is 5.52 Å². The monoisotopic (exact) mass is 339 g/mol. The first-order chi connectivity index (χ1) is 9.61. The van der Waals surface area contributed by atoms with Gasteiger partial charge in [0, 0.05) is 16.2 Å². The van der Waals surface area contributed by atoms with E-state index in [-0.39, 0.29) is 5.75 Å². The number of fused-ring (bicyclic) bond motifs is 1. The van der Waals surface area contributed by atoms with Crippen LogP contribution in [0.1, 0.15) is 0 Å². The van der Waals surface area contributed by atoms with Gasteiger partial charge < -0.3 is 9.72 Å². The van der Waals surface area contributed by atoms with E-state index in [0.717, 1.165) is 9.99 Å². The molecule has 3 rings (SSSR count). The summed E-state index contributed by atoms with van der Waals surface area (Å²) >= 11 is 3.32. The standard InChI is InChI=1S/C13H8BrF2N3O/c14-8-5-10-12(17-6-8)19-11(18-10)7-2-1-3-9(4-7)20-13(15)16/h1-6,13H,(H,17,18,19). The number of halogens is 3. The number of aromatic nitrogens is 3. The number of rotatable bonds is 3. The largest absolute Gasteiger partial charge is 0.435 e. The van der Waals surface area contributed by atoms with Crippen LogP contribution in [0.25, 0.3) is 22.6 Å². The topological polar surface area (TPSA) is 50.8 Å². The van der Waals surface area contributed by atoms with Gasteiger partial charge in [-0.15, -0.1) is 0 Å². The smallest absolute Gasteiger partial charge is 0.387 e. The van der Waals surface area contributed by atoms with E-state index in [1.54, 1.807) is 18.3 Å². The molecule has 3 aromatic rings.